The van der Waals surface area contributed by atoms with Crippen molar-refractivity contribution < 1.29 is 4.79 Å². The Kier molecular flexibility index (Phi) is 6.31. The first kappa shape index (κ1) is 16.4. The predicted molar refractivity (Wildman–Crippen MR) is 89.9 cm³/mol. The molecule has 0 fully saturated rings. The monoisotopic (exact) mass is 316 g/mol. The van der Waals surface area contributed by atoms with Crippen molar-refractivity contribution in [3.05, 3.63) is 41.4 Å². The number of rotatable bonds is 7. The van der Waals surface area contributed by atoms with Crippen LogP contribution in [0.2, 0.25) is 0 Å². The van der Waals surface area contributed by atoms with E-state index in [9.17, 15) is 4.79 Å². The van der Waals surface area contributed by atoms with Gasteiger partial charge in [-0.15, -0.1) is 11.8 Å². The van der Waals surface area contributed by atoms with Gasteiger partial charge in [-0.2, -0.15) is 5.26 Å². The molecule has 0 aliphatic carbocycles. The lowest BCUT2D eigenvalue weighted by molar-refractivity contribution is -0.129. The summed E-state index contributed by atoms with van der Waals surface area (Å²) in [6.45, 7) is 0.763. The van der Waals surface area contributed by atoms with Gasteiger partial charge in [0.25, 0.3) is 0 Å². The number of hydrogen-bond donors (Lipinski definition) is 2. The molecular weight excluding hydrogens is 296 g/mol. The van der Waals surface area contributed by atoms with Crippen molar-refractivity contribution in [1.29, 1.82) is 5.26 Å². The fourth-order valence-electron chi connectivity index (χ4n) is 2.20. The van der Waals surface area contributed by atoms with Crippen LogP contribution in [-0.4, -0.2) is 29.3 Å². The van der Waals surface area contributed by atoms with Crippen molar-refractivity contribution >= 4 is 23.4 Å². The lowest BCUT2D eigenvalue weighted by atomic mass is 10.1. The Hall–Kier alpha value is -1.97. The van der Waals surface area contributed by atoms with Crippen LogP contribution in [0.25, 0.3) is 0 Å². The van der Waals surface area contributed by atoms with Gasteiger partial charge >= 0.3 is 0 Å². The third-order valence-electron chi connectivity index (χ3n) is 3.46. The molecule has 3 N–H and O–H groups in total. The fourth-order valence-corrected chi connectivity index (χ4v) is 2.90. The topological polar surface area (TPSA) is 82.1 Å². The molecule has 2 rings (SSSR count). The lowest BCUT2D eigenvalue weighted by Crippen LogP contribution is -2.40. The van der Waals surface area contributed by atoms with Crippen molar-refractivity contribution in [2.75, 3.05) is 17.7 Å². The van der Waals surface area contributed by atoms with Gasteiger partial charge in [0, 0.05) is 12.7 Å². The van der Waals surface area contributed by atoms with Gasteiger partial charge in [-0.25, -0.2) is 0 Å². The normalized spacial score (nSPS) is 14.6. The molecule has 0 saturated heterocycles. The standard InChI is InChI=1S/C16H20N4OS/c17-11-13-5-1-2-7-15(13)19-8-4-3-6-14(18)16(21)20-9-10-22-12-20/h1-2,5,7,9-10,14,19H,3-4,6,8,12,18H2/t14-/m0/s1. The van der Waals surface area contributed by atoms with Gasteiger partial charge in [-0.1, -0.05) is 12.1 Å². The van der Waals surface area contributed by atoms with E-state index in [-0.39, 0.29) is 5.91 Å². The molecule has 0 saturated carbocycles. The van der Waals surface area contributed by atoms with Gasteiger partial charge in [0.2, 0.25) is 5.91 Å². The predicted octanol–water partition coefficient (Wildman–Crippen LogP) is 2.47. The summed E-state index contributed by atoms with van der Waals surface area (Å²) in [7, 11) is 0. The lowest BCUT2D eigenvalue weighted by Gasteiger charge is -2.18. The summed E-state index contributed by atoms with van der Waals surface area (Å²) in [6.07, 6.45) is 4.24. The van der Waals surface area contributed by atoms with Gasteiger partial charge in [-0.3, -0.25) is 4.79 Å². The highest BCUT2D eigenvalue weighted by Gasteiger charge is 2.20. The van der Waals surface area contributed by atoms with E-state index >= 15 is 0 Å². The number of thioether (sulfide) groups is 1. The SMILES string of the molecule is N#Cc1ccccc1NCCCC[C@H](N)C(=O)N1C=CSC1. The highest BCUT2D eigenvalue weighted by Crippen LogP contribution is 2.17. The molecule has 1 heterocycles. The zero-order chi connectivity index (χ0) is 15.8. The molecular formula is C16H20N4OS. The summed E-state index contributed by atoms with van der Waals surface area (Å²) < 4.78 is 0. The number of amides is 1. The summed E-state index contributed by atoms with van der Waals surface area (Å²) >= 11 is 1.59. The molecule has 0 aromatic heterocycles. The molecule has 22 heavy (non-hydrogen) atoms. The number of nitrogens with two attached hydrogens (primary N) is 1. The minimum absolute atomic E-state index is 0.0102. The highest BCUT2D eigenvalue weighted by molar-refractivity contribution is 8.02. The van der Waals surface area contributed by atoms with Crippen LogP contribution < -0.4 is 11.1 Å². The summed E-state index contributed by atoms with van der Waals surface area (Å²) in [5.41, 5.74) is 7.44. The minimum atomic E-state index is -0.435. The second kappa shape index (κ2) is 8.47. The summed E-state index contributed by atoms with van der Waals surface area (Å²) in [4.78, 5) is 13.7. The van der Waals surface area contributed by atoms with Gasteiger partial charge in [-0.05, 0) is 36.8 Å². The number of nitrogens with zero attached hydrogens (tertiary/aromatic N) is 2. The number of nitrogens with one attached hydrogen (secondary N) is 1. The highest BCUT2D eigenvalue weighted by atomic mass is 32.2. The molecule has 0 radical (unpaired) electrons. The van der Waals surface area contributed by atoms with Crippen LogP contribution >= 0.6 is 11.8 Å². The molecule has 0 spiro atoms. The summed E-state index contributed by atoms with van der Waals surface area (Å²) in [6, 6.07) is 9.16. The molecule has 1 aliphatic heterocycles. The Bertz CT molecular complexity index is 582. The first-order chi connectivity index (χ1) is 10.7. The van der Waals surface area contributed by atoms with Crippen molar-refractivity contribution in [2.45, 2.75) is 25.3 Å². The second-order valence-corrected chi connectivity index (χ2v) is 5.94. The molecule has 0 bridgehead atoms. The largest absolute Gasteiger partial charge is 0.384 e. The third-order valence-corrected chi connectivity index (χ3v) is 4.20. The first-order valence-electron chi connectivity index (χ1n) is 7.29. The third kappa shape index (κ3) is 4.52. The van der Waals surface area contributed by atoms with E-state index in [1.165, 1.54) is 0 Å². The Labute approximate surface area is 135 Å². The average Bonchev–Trinajstić information content (AvgIpc) is 3.08. The van der Waals surface area contributed by atoms with E-state index < -0.39 is 6.04 Å². The van der Waals surface area contributed by atoms with E-state index in [1.54, 1.807) is 28.9 Å². The van der Waals surface area contributed by atoms with Gasteiger partial charge < -0.3 is 16.0 Å². The first-order valence-corrected chi connectivity index (χ1v) is 8.34. The van der Waals surface area contributed by atoms with Gasteiger partial charge in [0.05, 0.1) is 23.2 Å². The number of benzene rings is 1. The second-order valence-electron chi connectivity index (χ2n) is 5.08. The van der Waals surface area contributed by atoms with E-state index in [4.69, 9.17) is 11.0 Å². The minimum Gasteiger partial charge on any atom is -0.384 e. The average molecular weight is 316 g/mol. The van der Waals surface area contributed by atoms with Crippen molar-refractivity contribution in [1.82, 2.24) is 4.90 Å². The Morgan fingerprint density at radius 1 is 1.45 bits per heavy atom. The number of unbranched alkanes of at least 4 members (excludes halogenated alkanes) is 1. The number of carbonyl (C=O) groups excluding carboxylic acids is 1. The van der Waals surface area contributed by atoms with Crippen molar-refractivity contribution in [3.8, 4) is 6.07 Å². The van der Waals surface area contributed by atoms with Gasteiger partial charge in [0.15, 0.2) is 0 Å². The molecule has 6 heteroatoms. The number of anilines is 1. The zero-order valence-electron chi connectivity index (χ0n) is 12.4. The number of carbonyl (C=O) groups is 1. The zero-order valence-corrected chi connectivity index (χ0v) is 13.2. The molecule has 1 aromatic rings. The molecule has 1 aliphatic rings. The number of para-hydroxylation sites is 1. The summed E-state index contributed by atoms with van der Waals surface area (Å²) in [5.74, 6) is 0.656. The quantitative estimate of drug-likeness (QED) is 0.755. The number of hydrogen-bond acceptors (Lipinski definition) is 5. The Morgan fingerprint density at radius 3 is 3.00 bits per heavy atom. The maximum Gasteiger partial charge on any atom is 0.244 e. The smallest absolute Gasteiger partial charge is 0.244 e. The molecule has 0 unspecified atom stereocenters. The molecule has 116 valence electrons. The van der Waals surface area contributed by atoms with E-state index in [0.717, 1.165) is 25.1 Å². The van der Waals surface area contributed by atoms with E-state index in [1.807, 2.05) is 23.6 Å². The maximum absolute atomic E-state index is 12.0. The van der Waals surface area contributed by atoms with Crippen LogP contribution in [0.5, 0.6) is 0 Å². The van der Waals surface area contributed by atoms with Crippen LogP contribution in [0.3, 0.4) is 0 Å². The van der Waals surface area contributed by atoms with Crippen molar-refractivity contribution in [3.63, 3.8) is 0 Å². The molecule has 5 nitrogen and oxygen atoms in total. The Morgan fingerprint density at radius 2 is 2.27 bits per heavy atom. The van der Waals surface area contributed by atoms with Crippen molar-refractivity contribution in [2.24, 2.45) is 5.73 Å². The van der Waals surface area contributed by atoms with Crippen LogP contribution in [0.15, 0.2) is 35.9 Å². The van der Waals surface area contributed by atoms with Crippen LogP contribution in [-0.2, 0) is 4.79 Å². The Balaban J connectivity index is 1.66. The van der Waals surface area contributed by atoms with E-state index in [0.29, 0.717) is 17.9 Å². The van der Waals surface area contributed by atoms with Crippen LogP contribution in [0, 0.1) is 11.3 Å². The molecule has 1 amide bonds. The van der Waals surface area contributed by atoms with Crippen LogP contribution in [0.4, 0.5) is 5.69 Å². The maximum atomic E-state index is 12.0. The van der Waals surface area contributed by atoms with E-state index in [2.05, 4.69) is 11.4 Å². The number of nitriles is 1. The molecule has 1 aromatic carbocycles. The summed E-state index contributed by atoms with van der Waals surface area (Å²) in [5, 5.41) is 14.2. The van der Waals surface area contributed by atoms with Crippen LogP contribution in [0.1, 0.15) is 24.8 Å². The molecule has 1 atom stereocenters. The van der Waals surface area contributed by atoms with Gasteiger partial charge in [0.1, 0.15) is 6.07 Å². The fraction of sp³-hybridized carbons (Fsp3) is 0.375.